The molecule has 0 aliphatic carbocycles. The van der Waals surface area contributed by atoms with Gasteiger partial charge in [0.2, 0.25) is 0 Å². The fourth-order valence-electron chi connectivity index (χ4n) is 4.00. The van der Waals surface area contributed by atoms with Gasteiger partial charge in [0.15, 0.2) is 0 Å². The molecule has 0 atom stereocenters. The molecule has 0 saturated carbocycles. The van der Waals surface area contributed by atoms with E-state index in [9.17, 15) is 4.79 Å². The summed E-state index contributed by atoms with van der Waals surface area (Å²) in [4.78, 5) is 17.4. The summed E-state index contributed by atoms with van der Waals surface area (Å²) >= 11 is 3.56. The van der Waals surface area contributed by atoms with E-state index in [2.05, 4.69) is 62.7 Å². The third kappa shape index (κ3) is 4.64. The van der Waals surface area contributed by atoms with Crippen molar-refractivity contribution in [1.29, 1.82) is 0 Å². The number of hydrogen-bond acceptors (Lipinski definition) is 3. The van der Waals surface area contributed by atoms with Gasteiger partial charge in [0.1, 0.15) is 5.65 Å². The van der Waals surface area contributed by atoms with Crippen LogP contribution in [-0.2, 0) is 5.41 Å². The highest BCUT2D eigenvalue weighted by Crippen LogP contribution is 2.28. The normalized spacial score (nSPS) is 11.7. The highest BCUT2D eigenvalue weighted by molar-refractivity contribution is 9.10. The molecule has 0 saturated heterocycles. The first-order valence-electron chi connectivity index (χ1n) is 11.4. The highest BCUT2D eigenvalue weighted by atomic mass is 79.9. The predicted molar refractivity (Wildman–Crippen MR) is 143 cm³/mol. The summed E-state index contributed by atoms with van der Waals surface area (Å²) in [5.41, 5.74) is 7.08. The number of halogens is 1. The monoisotopic (exact) mass is 527 g/mol. The molecule has 0 bridgehead atoms. The molecular formula is C28H26BrN5O. The summed E-state index contributed by atoms with van der Waals surface area (Å²) in [5.74, 6) is -0.141. The molecule has 0 radical (unpaired) electrons. The quantitative estimate of drug-likeness (QED) is 0.279. The zero-order valence-electron chi connectivity index (χ0n) is 20.1. The van der Waals surface area contributed by atoms with Gasteiger partial charge in [0, 0.05) is 57.8 Å². The topological polar surface area (TPSA) is 64.2 Å². The fourth-order valence-corrected chi connectivity index (χ4v) is 4.49. The number of hydrogen-bond donors (Lipinski definition) is 1. The number of fused-ring (bicyclic) bond motifs is 1. The van der Waals surface area contributed by atoms with Gasteiger partial charge in [-0.15, -0.1) is 0 Å². The number of nitrogens with zero attached hydrogens (tertiary/aromatic N) is 4. The van der Waals surface area contributed by atoms with E-state index in [1.54, 1.807) is 12.4 Å². The maximum absolute atomic E-state index is 13.2. The zero-order chi connectivity index (χ0) is 24.7. The average molecular weight is 528 g/mol. The van der Waals surface area contributed by atoms with Gasteiger partial charge >= 0.3 is 0 Å². The summed E-state index contributed by atoms with van der Waals surface area (Å²) in [6, 6.07) is 17.8. The predicted octanol–water partition coefficient (Wildman–Crippen LogP) is 6.81. The van der Waals surface area contributed by atoms with Crippen LogP contribution < -0.4 is 5.32 Å². The van der Waals surface area contributed by atoms with Crippen LogP contribution in [-0.4, -0.2) is 25.1 Å². The van der Waals surface area contributed by atoms with Crippen LogP contribution in [0.2, 0.25) is 0 Å². The Labute approximate surface area is 212 Å². The Hall–Kier alpha value is -3.71. The Morgan fingerprint density at radius 2 is 1.86 bits per heavy atom. The number of aryl methyl sites for hydroxylation is 1. The van der Waals surface area contributed by atoms with Gasteiger partial charge in [-0.2, -0.15) is 5.10 Å². The lowest BCUT2D eigenvalue weighted by molar-refractivity contribution is 0.102. The molecule has 6 nitrogen and oxygen atoms in total. The van der Waals surface area contributed by atoms with Gasteiger partial charge < -0.3 is 9.88 Å². The first-order chi connectivity index (χ1) is 16.7. The average Bonchev–Trinajstić information content (AvgIpc) is 3.41. The third-order valence-corrected chi connectivity index (χ3v) is 6.51. The second-order valence-electron chi connectivity index (χ2n) is 9.67. The largest absolute Gasteiger partial charge is 0.322 e. The number of aromatic nitrogens is 4. The van der Waals surface area contributed by atoms with Gasteiger partial charge in [-0.1, -0.05) is 42.8 Å². The van der Waals surface area contributed by atoms with Crippen LogP contribution >= 0.6 is 15.9 Å². The summed E-state index contributed by atoms with van der Waals surface area (Å²) in [6.07, 6.45) is 7.44. The molecule has 7 heteroatoms. The molecule has 0 fully saturated rings. The van der Waals surface area contributed by atoms with Crippen molar-refractivity contribution in [2.45, 2.75) is 33.1 Å². The number of amides is 1. The number of anilines is 1. The van der Waals surface area contributed by atoms with Crippen molar-refractivity contribution in [2.75, 3.05) is 5.32 Å². The van der Waals surface area contributed by atoms with Crippen molar-refractivity contribution in [3.63, 3.8) is 0 Å². The van der Waals surface area contributed by atoms with Gasteiger partial charge in [-0.25, -0.2) is 4.52 Å². The summed E-state index contributed by atoms with van der Waals surface area (Å²) in [7, 11) is 0. The van der Waals surface area contributed by atoms with Crippen molar-refractivity contribution in [1.82, 2.24) is 19.2 Å². The highest BCUT2D eigenvalue weighted by Gasteiger charge is 2.18. The van der Waals surface area contributed by atoms with E-state index in [0.29, 0.717) is 5.56 Å². The molecule has 2 aromatic carbocycles. The SMILES string of the molecule is Cc1ccc(-n2ccn3nc(-c4cccnc4)cc23)cc1NC(=O)c1cc(Br)cc(C(C)(C)C)c1. The summed E-state index contributed by atoms with van der Waals surface area (Å²) in [6.45, 7) is 8.40. The Morgan fingerprint density at radius 3 is 2.60 bits per heavy atom. The van der Waals surface area contributed by atoms with E-state index >= 15 is 0 Å². The van der Waals surface area contributed by atoms with Crippen molar-refractivity contribution in [3.05, 3.63) is 101 Å². The number of benzene rings is 2. The molecule has 1 N–H and O–H groups in total. The Bertz CT molecular complexity index is 1540. The molecule has 3 heterocycles. The van der Waals surface area contributed by atoms with E-state index in [4.69, 9.17) is 0 Å². The minimum absolute atomic E-state index is 0.0612. The number of rotatable bonds is 4. The molecular weight excluding hydrogens is 502 g/mol. The van der Waals surface area contributed by atoms with Crippen LogP contribution in [0.5, 0.6) is 0 Å². The van der Waals surface area contributed by atoms with E-state index in [0.717, 1.165) is 43.9 Å². The standard InChI is InChI=1S/C28H26BrN5O/c1-18-7-8-23(33-10-11-34-26(33)16-25(32-34)19-6-5-9-30-17-19)15-24(18)31-27(35)20-12-21(28(2,3)4)14-22(29)13-20/h5-17H,1-4H3,(H,31,35). The maximum atomic E-state index is 13.2. The molecule has 5 aromatic rings. The zero-order valence-corrected chi connectivity index (χ0v) is 21.7. The van der Waals surface area contributed by atoms with Crippen LogP contribution in [0.3, 0.4) is 0 Å². The Kier molecular flexibility index (Phi) is 5.81. The number of pyridine rings is 1. The van der Waals surface area contributed by atoms with E-state index in [1.165, 1.54) is 0 Å². The fraction of sp³-hybridized carbons (Fsp3) is 0.179. The molecule has 3 aromatic heterocycles. The summed E-state index contributed by atoms with van der Waals surface area (Å²) < 4.78 is 4.79. The smallest absolute Gasteiger partial charge is 0.255 e. The van der Waals surface area contributed by atoms with Crippen molar-refractivity contribution in [3.8, 4) is 16.9 Å². The molecule has 5 rings (SSSR count). The first kappa shape index (κ1) is 23.1. The van der Waals surface area contributed by atoms with Gasteiger partial charge in [-0.3, -0.25) is 9.78 Å². The maximum Gasteiger partial charge on any atom is 0.255 e. The van der Waals surface area contributed by atoms with E-state index in [-0.39, 0.29) is 11.3 Å². The summed E-state index contributed by atoms with van der Waals surface area (Å²) in [5, 5.41) is 7.79. The molecule has 176 valence electrons. The molecule has 35 heavy (non-hydrogen) atoms. The second-order valence-corrected chi connectivity index (χ2v) is 10.6. The third-order valence-electron chi connectivity index (χ3n) is 6.05. The van der Waals surface area contributed by atoms with Crippen molar-refractivity contribution >= 4 is 33.2 Å². The second kappa shape index (κ2) is 8.82. The van der Waals surface area contributed by atoms with Crippen molar-refractivity contribution in [2.24, 2.45) is 0 Å². The first-order valence-corrected chi connectivity index (χ1v) is 12.2. The van der Waals surface area contributed by atoms with Gasteiger partial charge in [-0.05, 0) is 65.9 Å². The van der Waals surface area contributed by atoms with Crippen LogP contribution in [0.4, 0.5) is 5.69 Å². The van der Waals surface area contributed by atoms with Crippen LogP contribution in [0, 0.1) is 6.92 Å². The van der Waals surface area contributed by atoms with E-state index in [1.807, 2.05) is 72.4 Å². The van der Waals surface area contributed by atoms with Gasteiger partial charge in [0.25, 0.3) is 5.91 Å². The minimum Gasteiger partial charge on any atom is -0.322 e. The van der Waals surface area contributed by atoms with E-state index < -0.39 is 0 Å². The molecule has 0 aliphatic rings. The number of carbonyl (C=O) groups excluding carboxylic acids is 1. The lowest BCUT2D eigenvalue weighted by Gasteiger charge is -2.20. The van der Waals surface area contributed by atoms with Crippen molar-refractivity contribution < 1.29 is 4.79 Å². The lowest BCUT2D eigenvalue weighted by atomic mass is 9.86. The number of nitrogens with one attached hydrogen (secondary N) is 1. The van der Waals surface area contributed by atoms with Crippen LogP contribution in [0.15, 0.2) is 83.9 Å². The van der Waals surface area contributed by atoms with Crippen LogP contribution in [0.1, 0.15) is 42.3 Å². The van der Waals surface area contributed by atoms with Gasteiger partial charge in [0.05, 0.1) is 5.69 Å². The molecule has 0 unspecified atom stereocenters. The lowest BCUT2D eigenvalue weighted by Crippen LogP contribution is -2.16. The Balaban J connectivity index is 1.47. The molecule has 0 spiro atoms. The number of imidazole rings is 1. The van der Waals surface area contributed by atoms with Crippen LogP contribution in [0.25, 0.3) is 22.6 Å². The minimum atomic E-state index is -0.141. The molecule has 0 aliphatic heterocycles. The Morgan fingerprint density at radius 1 is 1.03 bits per heavy atom. The number of carbonyl (C=O) groups is 1. The molecule has 1 amide bonds.